The predicted molar refractivity (Wildman–Crippen MR) is 77.9 cm³/mol. The first-order valence-electron chi connectivity index (χ1n) is 7.19. The molecule has 1 fully saturated rings. The van der Waals surface area contributed by atoms with Crippen LogP contribution >= 0.6 is 0 Å². The molecule has 0 aromatic heterocycles. The average molecular weight is 279 g/mol. The van der Waals surface area contributed by atoms with Crippen molar-refractivity contribution in [2.24, 2.45) is 5.73 Å². The van der Waals surface area contributed by atoms with Gasteiger partial charge in [-0.25, -0.2) is 4.39 Å². The van der Waals surface area contributed by atoms with Crippen LogP contribution in [0.5, 0.6) is 0 Å². The second-order valence-electron chi connectivity index (χ2n) is 5.24. The molecule has 0 aliphatic carbocycles. The highest BCUT2D eigenvalue weighted by Gasteiger charge is 2.22. The largest absolute Gasteiger partial charge is 0.329 e. The van der Waals surface area contributed by atoms with Gasteiger partial charge in [0.05, 0.1) is 12.2 Å². The maximum absolute atomic E-state index is 13.5. The Labute approximate surface area is 119 Å². The second-order valence-corrected chi connectivity index (χ2v) is 5.24. The summed E-state index contributed by atoms with van der Waals surface area (Å²) in [6.45, 7) is 1.72. The molecule has 0 bridgehead atoms. The first-order valence-corrected chi connectivity index (χ1v) is 7.19. The Morgan fingerprint density at radius 2 is 2.15 bits per heavy atom. The number of nitrogens with one attached hydrogen (secondary N) is 1. The highest BCUT2D eigenvalue weighted by molar-refractivity contribution is 5.92. The first-order chi connectivity index (χ1) is 9.70. The summed E-state index contributed by atoms with van der Waals surface area (Å²) in [6, 6.07) is 6.46. The quantitative estimate of drug-likeness (QED) is 0.886. The molecule has 1 aromatic rings. The van der Waals surface area contributed by atoms with Gasteiger partial charge in [-0.05, 0) is 31.5 Å². The summed E-state index contributed by atoms with van der Waals surface area (Å²) in [7, 11) is 0. The van der Waals surface area contributed by atoms with Crippen LogP contribution in [0.15, 0.2) is 24.3 Å². The molecular formula is C15H22FN3O. The van der Waals surface area contributed by atoms with Crippen LogP contribution in [0.25, 0.3) is 0 Å². The normalized spacial score (nSPS) is 20.4. The minimum atomic E-state index is -0.410. The number of hydrogen-bond donors (Lipinski definition) is 2. The van der Waals surface area contributed by atoms with Gasteiger partial charge in [-0.2, -0.15) is 0 Å². The number of rotatable bonds is 4. The maximum atomic E-state index is 13.5. The van der Waals surface area contributed by atoms with Gasteiger partial charge in [0.1, 0.15) is 5.82 Å². The lowest BCUT2D eigenvalue weighted by Crippen LogP contribution is -2.44. The zero-order valence-electron chi connectivity index (χ0n) is 11.6. The zero-order valence-corrected chi connectivity index (χ0v) is 11.6. The van der Waals surface area contributed by atoms with Gasteiger partial charge in [0.15, 0.2) is 0 Å². The first kappa shape index (κ1) is 14.9. The van der Waals surface area contributed by atoms with Crippen LogP contribution in [0.1, 0.15) is 25.7 Å². The molecule has 5 heteroatoms. The van der Waals surface area contributed by atoms with Crippen molar-refractivity contribution in [2.45, 2.75) is 31.7 Å². The fourth-order valence-electron chi connectivity index (χ4n) is 2.65. The molecule has 110 valence electrons. The molecule has 1 saturated heterocycles. The van der Waals surface area contributed by atoms with Crippen molar-refractivity contribution in [1.82, 2.24) is 4.90 Å². The Morgan fingerprint density at radius 3 is 2.90 bits per heavy atom. The molecule has 0 spiro atoms. The Kier molecular flexibility index (Phi) is 5.49. The molecule has 1 aliphatic rings. The lowest BCUT2D eigenvalue weighted by Gasteiger charge is -2.28. The number of amides is 1. The zero-order chi connectivity index (χ0) is 14.4. The van der Waals surface area contributed by atoms with Crippen molar-refractivity contribution in [3.63, 3.8) is 0 Å². The third-order valence-corrected chi connectivity index (χ3v) is 3.77. The summed E-state index contributed by atoms with van der Waals surface area (Å²) in [6.07, 6.45) is 4.46. The molecule has 0 saturated carbocycles. The number of carbonyl (C=O) groups is 1. The summed E-state index contributed by atoms with van der Waals surface area (Å²) in [5.74, 6) is -0.595. The minimum absolute atomic E-state index is 0.185. The predicted octanol–water partition coefficient (Wildman–Crippen LogP) is 1.97. The minimum Gasteiger partial charge on any atom is -0.329 e. The Morgan fingerprint density at radius 1 is 1.35 bits per heavy atom. The van der Waals surface area contributed by atoms with E-state index in [2.05, 4.69) is 10.2 Å². The molecule has 1 aromatic carbocycles. The van der Waals surface area contributed by atoms with Crippen molar-refractivity contribution in [3.8, 4) is 0 Å². The Balaban J connectivity index is 1.94. The summed E-state index contributed by atoms with van der Waals surface area (Å²) in [5, 5.41) is 2.63. The molecule has 20 heavy (non-hydrogen) atoms. The molecular weight excluding hydrogens is 257 g/mol. The van der Waals surface area contributed by atoms with E-state index in [0.29, 0.717) is 6.54 Å². The smallest absolute Gasteiger partial charge is 0.238 e. The molecule has 0 radical (unpaired) electrons. The van der Waals surface area contributed by atoms with Crippen LogP contribution < -0.4 is 11.1 Å². The fourth-order valence-corrected chi connectivity index (χ4v) is 2.65. The molecule has 1 unspecified atom stereocenters. The van der Waals surface area contributed by atoms with Crippen LogP contribution in [0, 0.1) is 5.82 Å². The van der Waals surface area contributed by atoms with E-state index in [-0.39, 0.29) is 24.2 Å². The van der Waals surface area contributed by atoms with Gasteiger partial charge in [0.2, 0.25) is 5.91 Å². The molecule has 3 N–H and O–H groups in total. The molecule has 4 nitrogen and oxygen atoms in total. The standard InChI is InChI=1S/C15H22FN3O/c16-13-7-3-4-8-14(13)18-15(20)11-19-9-5-1-2-6-12(19)10-17/h3-4,7-8,12H,1-2,5-6,9-11,17H2,(H,18,20). The van der Waals surface area contributed by atoms with Crippen molar-refractivity contribution >= 4 is 11.6 Å². The van der Waals surface area contributed by atoms with E-state index in [1.165, 1.54) is 12.5 Å². The number of nitrogens with two attached hydrogens (primary N) is 1. The highest BCUT2D eigenvalue weighted by atomic mass is 19.1. The van der Waals surface area contributed by atoms with E-state index in [1.54, 1.807) is 18.2 Å². The van der Waals surface area contributed by atoms with Crippen LogP contribution in [0.3, 0.4) is 0 Å². The monoisotopic (exact) mass is 279 g/mol. The average Bonchev–Trinajstić information content (AvgIpc) is 2.66. The fraction of sp³-hybridized carbons (Fsp3) is 0.533. The maximum Gasteiger partial charge on any atom is 0.238 e. The number of benzene rings is 1. The molecule has 1 amide bonds. The summed E-state index contributed by atoms with van der Waals surface area (Å²) in [5.41, 5.74) is 6.02. The van der Waals surface area contributed by atoms with Crippen LogP contribution in [-0.2, 0) is 4.79 Å². The van der Waals surface area contributed by atoms with E-state index >= 15 is 0 Å². The second kappa shape index (κ2) is 7.36. The molecule has 1 aliphatic heterocycles. The van der Waals surface area contributed by atoms with Gasteiger partial charge in [-0.1, -0.05) is 25.0 Å². The number of hydrogen-bond acceptors (Lipinski definition) is 3. The topological polar surface area (TPSA) is 58.4 Å². The molecule has 1 heterocycles. The van der Waals surface area contributed by atoms with E-state index in [0.717, 1.165) is 25.8 Å². The number of carbonyl (C=O) groups excluding carboxylic acids is 1. The van der Waals surface area contributed by atoms with Crippen LogP contribution in [0.4, 0.5) is 10.1 Å². The number of para-hydroxylation sites is 1. The lowest BCUT2D eigenvalue weighted by atomic mass is 10.1. The van der Waals surface area contributed by atoms with Gasteiger partial charge in [0, 0.05) is 12.6 Å². The Hall–Kier alpha value is -1.46. The Bertz CT molecular complexity index is 452. The van der Waals surface area contributed by atoms with Crippen LogP contribution in [0.2, 0.25) is 0 Å². The highest BCUT2D eigenvalue weighted by Crippen LogP contribution is 2.17. The number of nitrogens with zero attached hydrogens (tertiary/aromatic N) is 1. The van der Waals surface area contributed by atoms with E-state index in [1.807, 2.05) is 0 Å². The SMILES string of the molecule is NCC1CCCCCN1CC(=O)Nc1ccccc1F. The molecule has 1 atom stereocenters. The van der Waals surface area contributed by atoms with E-state index in [9.17, 15) is 9.18 Å². The summed E-state index contributed by atoms with van der Waals surface area (Å²) in [4.78, 5) is 14.2. The van der Waals surface area contributed by atoms with Crippen molar-refractivity contribution in [1.29, 1.82) is 0 Å². The lowest BCUT2D eigenvalue weighted by molar-refractivity contribution is -0.117. The van der Waals surface area contributed by atoms with Gasteiger partial charge in [-0.3, -0.25) is 9.69 Å². The van der Waals surface area contributed by atoms with Gasteiger partial charge in [-0.15, -0.1) is 0 Å². The van der Waals surface area contributed by atoms with Crippen LogP contribution in [-0.4, -0.2) is 36.5 Å². The van der Waals surface area contributed by atoms with E-state index in [4.69, 9.17) is 5.73 Å². The van der Waals surface area contributed by atoms with Gasteiger partial charge >= 0.3 is 0 Å². The third kappa shape index (κ3) is 4.02. The van der Waals surface area contributed by atoms with Gasteiger partial charge in [0.25, 0.3) is 0 Å². The van der Waals surface area contributed by atoms with Crippen molar-refractivity contribution < 1.29 is 9.18 Å². The summed E-state index contributed by atoms with van der Waals surface area (Å²) < 4.78 is 13.5. The third-order valence-electron chi connectivity index (χ3n) is 3.77. The number of anilines is 1. The van der Waals surface area contributed by atoms with Gasteiger partial charge < -0.3 is 11.1 Å². The number of halogens is 1. The van der Waals surface area contributed by atoms with E-state index < -0.39 is 5.82 Å². The molecule has 2 rings (SSSR count). The van der Waals surface area contributed by atoms with Crippen molar-refractivity contribution in [2.75, 3.05) is 25.0 Å². The summed E-state index contributed by atoms with van der Waals surface area (Å²) >= 11 is 0. The number of likely N-dealkylation sites (tertiary alicyclic amines) is 1. The van der Waals surface area contributed by atoms with Crippen molar-refractivity contribution in [3.05, 3.63) is 30.1 Å².